The molecule has 0 aliphatic rings. The molecule has 2 aromatic carbocycles. The van der Waals surface area contributed by atoms with E-state index in [-0.39, 0.29) is 12.5 Å². The molecule has 0 aliphatic heterocycles. The second-order valence-corrected chi connectivity index (χ2v) is 5.50. The summed E-state index contributed by atoms with van der Waals surface area (Å²) >= 11 is 5.94. The van der Waals surface area contributed by atoms with Gasteiger partial charge in [0, 0.05) is 10.7 Å². The van der Waals surface area contributed by atoms with Crippen molar-refractivity contribution in [3.05, 3.63) is 52.5 Å². The molecule has 0 saturated carbocycles. The fourth-order valence-corrected chi connectivity index (χ4v) is 2.33. The van der Waals surface area contributed by atoms with Gasteiger partial charge < -0.3 is 15.4 Å². The number of nitrogens with one attached hydrogen (secondary N) is 2. The number of hydrogen-bond acceptors (Lipinski definition) is 3. The lowest BCUT2D eigenvalue weighted by atomic mass is 10.1. The Bertz CT molecular complexity index is 686. The second-order valence-electron chi connectivity index (χ2n) is 5.06. The largest absolute Gasteiger partial charge is 0.495 e. The van der Waals surface area contributed by atoms with Crippen molar-refractivity contribution in [2.24, 2.45) is 0 Å². The number of methoxy groups -OCH3 is 1. The minimum absolute atomic E-state index is 0.166. The Morgan fingerprint density at radius 3 is 2.59 bits per heavy atom. The molecule has 0 unspecified atom stereocenters. The molecular weight excluding hydrogens is 300 g/mol. The number of hydrogen-bond donors (Lipinski definition) is 2. The first-order valence-electron chi connectivity index (χ1n) is 6.94. The molecule has 116 valence electrons. The molecule has 0 aliphatic carbocycles. The molecule has 0 radical (unpaired) electrons. The summed E-state index contributed by atoms with van der Waals surface area (Å²) in [4.78, 5) is 12.1. The van der Waals surface area contributed by atoms with Crippen molar-refractivity contribution >= 4 is 28.9 Å². The Balaban J connectivity index is 2.00. The molecule has 4 nitrogen and oxygen atoms in total. The molecule has 0 heterocycles. The van der Waals surface area contributed by atoms with Gasteiger partial charge >= 0.3 is 0 Å². The standard InChI is InChI=1S/C17H19ClN2O2/c1-11-4-6-14(12(2)8-11)19-10-17(21)20-15-9-13(18)5-7-16(15)22-3/h4-9,19H,10H2,1-3H3,(H,20,21). The topological polar surface area (TPSA) is 50.4 Å². The first kappa shape index (κ1) is 16.2. The van der Waals surface area contributed by atoms with Gasteiger partial charge in [0.15, 0.2) is 0 Å². The highest BCUT2D eigenvalue weighted by Gasteiger charge is 2.08. The summed E-state index contributed by atoms with van der Waals surface area (Å²) in [5.41, 5.74) is 3.80. The third kappa shape index (κ3) is 4.15. The number of ether oxygens (including phenoxy) is 1. The van der Waals surface area contributed by atoms with Crippen molar-refractivity contribution < 1.29 is 9.53 Å². The minimum Gasteiger partial charge on any atom is -0.495 e. The molecule has 0 saturated heterocycles. The van der Waals surface area contributed by atoms with Gasteiger partial charge in [-0.2, -0.15) is 0 Å². The van der Waals surface area contributed by atoms with Gasteiger partial charge in [-0.05, 0) is 43.7 Å². The molecule has 0 atom stereocenters. The summed E-state index contributed by atoms with van der Waals surface area (Å²) in [7, 11) is 1.55. The van der Waals surface area contributed by atoms with Gasteiger partial charge in [-0.3, -0.25) is 4.79 Å². The third-order valence-electron chi connectivity index (χ3n) is 3.26. The zero-order valence-corrected chi connectivity index (χ0v) is 13.6. The first-order chi connectivity index (χ1) is 10.5. The first-order valence-corrected chi connectivity index (χ1v) is 7.32. The summed E-state index contributed by atoms with van der Waals surface area (Å²) in [5.74, 6) is 0.407. The predicted octanol–water partition coefficient (Wildman–Crippen LogP) is 4.02. The molecule has 0 bridgehead atoms. The van der Waals surface area contributed by atoms with E-state index in [4.69, 9.17) is 16.3 Å². The number of rotatable bonds is 5. The van der Waals surface area contributed by atoms with Crippen LogP contribution < -0.4 is 15.4 Å². The van der Waals surface area contributed by atoms with Crippen molar-refractivity contribution in [3.63, 3.8) is 0 Å². The summed E-state index contributed by atoms with van der Waals surface area (Å²) in [6.45, 7) is 4.21. The normalized spacial score (nSPS) is 10.2. The molecule has 2 aromatic rings. The second kappa shape index (κ2) is 7.18. The van der Waals surface area contributed by atoms with Gasteiger partial charge in [0.25, 0.3) is 0 Å². The van der Waals surface area contributed by atoms with Crippen LogP contribution in [0.25, 0.3) is 0 Å². The number of carbonyl (C=O) groups excluding carboxylic acids is 1. The SMILES string of the molecule is COc1ccc(Cl)cc1NC(=O)CNc1ccc(C)cc1C. The number of halogens is 1. The van der Waals surface area contributed by atoms with Gasteiger partial charge in [-0.1, -0.05) is 29.3 Å². The van der Waals surface area contributed by atoms with Crippen LogP contribution in [0.5, 0.6) is 5.75 Å². The molecular formula is C17H19ClN2O2. The number of aryl methyl sites for hydroxylation is 2. The smallest absolute Gasteiger partial charge is 0.243 e. The van der Waals surface area contributed by atoms with Crippen LogP contribution in [0.15, 0.2) is 36.4 Å². The fraction of sp³-hybridized carbons (Fsp3) is 0.235. The average Bonchev–Trinajstić information content (AvgIpc) is 2.46. The van der Waals surface area contributed by atoms with Crippen LogP contribution in [-0.4, -0.2) is 19.6 Å². The minimum atomic E-state index is -0.166. The maximum atomic E-state index is 12.1. The number of amides is 1. The van der Waals surface area contributed by atoms with Crippen LogP contribution in [0.3, 0.4) is 0 Å². The Morgan fingerprint density at radius 2 is 1.91 bits per heavy atom. The van der Waals surface area contributed by atoms with E-state index in [1.807, 2.05) is 26.0 Å². The Labute approximate surface area is 135 Å². The van der Waals surface area contributed by atoms with Crippen LogP contribution in [0.2, 0.25) is 5.02 Å². The molecule has 2 N–H and O–H groups in total. The van der Waals surface area contributed by atoms with Gasteiger partial charge in [0.05, 0.1) is 19.3 Å². The lowest BCUT2D eigenvalue weighted by Crippen LogP contribution is -2.22. The summed E-state index contributed by atoms with van der Waals surface area (Å²) in [6, 6.07) is 11.1. The van der Waals surface area contributed by atoms with E-state index >= 15 is 0 Å². The molecule has 22 heavy (non-hydrogen) atoms. The fourth-order valence-electron chi connectivity index (χ4n) is 2.16. The van der Waals surface area contributed by atoms with Crippen molar-refractivity contribution in [2.75, 3.05) is 24.3 Å². The molecule has 2 rings (SSSR count). The zero-order chi connectivity index (χ0) is 16.1. The van der Waals surface area contributed by atoms with Crippen molar-refractivity contribution in [1.82, 2.24) is 0 Å². The summed E-state index contributed by atoms with van der Waals surface area (Å²) in [5, 5.41) is 6.46. The van der Waals surface area contributed by atoms with Crippen molar-refractivity contribution in [2.45, 2.75) is 13.8 Å². The molecule has 0 spiro atoms. The quantitative estimate of drug-likeness (QED) is 0.875. The molecule has 0 aromatic heterocycles. The van der Waals surface area contributed by atoms with E-state index in [1.54, 1.807) is 25.3 Å². The highest BCUT2D eigenvalue weighted by atomic mass is 35.5. The van der Waals surface area contributed by atoms with Crippen LogP contribution in [0, 0.1) is 13.8 Å². The van der Waals surface area contributed by atoms with Crippen LogP contribution in [0.1, 0.15) is 11.1 Å². The Hall–Kier alpha value is -2.20. The third-order valence-corrected chi connectivity index (χ3v) is 3.49. The van der Waals surface area contributed by atoms with E-state index in [0.29, 0.717) is 16.5 Å². The Kier molecular flexibility index (Phi) is 5.28. The van der Waals surface area contributed by atoms with E-state index in [0.717, 1.165) is 11.3 Å². The number of carbonyl (C=O) groups is 1. The molecule has 5 heteroatoms. The van der Waals surface area contributed by atoms with Crippen LogP contribution in [0.4, 0.5) is 11.4 Å². The maximum absolute atomic E-state index is 12.1. The number of anilines is 2. The predicted molar refractivity (Wildman–Crippen MR) is 91.0 cm³/mol. The van der Waals surface area contributed by atoms with Crippen LogP contribution in [-0.2, 0) is 4.79 Å². The summed E-state index contributed by atoms with van der Waals surface area (Å²) in [6.07, 6.45) is 0. The van der Waals surface area contributed by atoms with E-state index in [9.17, 15) is 4.79 Å². The van der Waals surface area contributed by atoms with E-state index in [2.05, 4.69) is 16.7 Å². The lowest BCUT2D eigenvalue weighted by Gasteiger charge is -2.12. The molecule has 1 amide bonds. The van der Waals surface area contributed by atoms with E-state index in [1.165, 1.54) is 5.56 Å². The van der Waals surface area contributed by atoms with Gasteiger partial charge in [0.2, 0.25) is 5.91 Å². The zero-order valence-electron chi connectivity index (χ0n) is 12.9. The van der Waals surface area contributed by atoms with E-state index < -0.39 is 0 Å². The lowest BCUT2D eigenvalue weighted by molar-refractivity contribution is -0.114. The maximum Gasteiger partial charge on any atom is 0.243 e. The van der Waals surface area contributed by atoms with Crippen molar-refractivity contribution in [3.8, 4) is 5.75 Å². The number of benzene rings is 2. The highest BCUT2D eigenvalue weighted by Crippen LogP contribution is 2.27. The van der Waals surface area contributed by atoms with Crippen LogP contribution >= 0.6 is 11.6 Å². The van der Waals surface area contributed by atoms with Gasteiger partial charge in [-0.25, -0.2) is 0 Å². The summed E-state index contributed by atoms with van der Waals surface area (Å²) < 4.78 is 5.20. The molecule has 0 fully saturated rings. The van der Waals surface area contributed by atoms with Gasteiger partial charge in [0.1, 0.15) is 5.75 Å². The monoisotopic (exact) mass is 318 g/mol. The Morgan fingerprint density at radius 1 is 1.14 bits per heavy atom. The average molecular weight is 319 g/mol. The van der Waals surface area contributed by atoms with Gasteiger partial charge in [-0.15, -0.1) is 0 Å². The highest BCUT2D eigenvalue weighted by molar-refractivity contribution is 6.31. The van der Waals surface area contributed by atoms with Crippen molar-refractivity contribution in [1.29, 1.82) is 0 Å².